The molecule has 0 atom stereocenters. The highest BCUT2D eigenvalue weighted by molar-refractivity contribution is 5.92. The summed E-state index contributed by atoms with van der Waals surface area (Å²) < 4.78 is 0. The standard InChI is InChI=1S/C13H20N4O/c1-8(2)7-14-13(18)11-6-12(16-9(3)15-11)17-10-4-5-10/h6,8,10H,4-5,7H2,1-3H3,(H,14,18)(H,15,16,17). The van der Waals surface area contributed by atoms with Crippen molar-refractivity contribution in [1.82, 2.24) is 15.3 Å². The molecule has 1 aliphatic rings. The summed E-state index contributed by atoms with van der Waals surface area (Å²) in [6.45, 7) is 6.59. The number of aryl methyl sites for hydroxylation is 1. The lowest BCUT2D eigenvalue weighted by molar-refractivity contribution is 0.0943. The van der Waals surface area contributed by atoms with Crippen LogP contribution in [0.3, 0.4) is 0 Å². The third-order valence-corrected chi connectivity index (χ3v) is 2.67. The van der Waals surface area contributed by atoms with E-state index in [4.69, 9.17) is 0 Å². The number of hydrogen-bond donors (Lipinski definition) is 2. The molecule has 0 spiro atoms. The third kappa shape index (κ3) is 3.68. The highest BCUT2D eigenvalue weighted by atomic mass is 16.1. The van der Waals surface area contributed by atoms with Gasteiger partial charge in [-0.15, -0.1) is 0 Å². The molecule has 18 heavy (non-hydrogen) atoms. The SMILES string of the molecule is Cc1nc(NC2CC2)cc(C(=O)NCC(C)C)n1. The molecular weight excluding hydrogens is 228 g/mol. The van der Waals surface area contributed by atoms with Crippen LogP contribution in [0.25, 0.3) is 0 Å². The molecule has 0 aromatic carbocycles. The topological polar surface area (TPSA) is 66.9 Å². The van der Waals surface area contributed by atoms with Crippen LogP contribution >= 0.6 is 0 Å². The number of nitrogens with zero attached hydrogens (tertiary/aromatic N) is 2. The zero-order valence-corrected chi connectivity index (χ0v) is 11.2. The summed E-state index contributed by atoms with van der Waals surface area (Å²) in [7, 11) is 0. The molecule has 1 amide bonds. The molecule has 1 aromatic heterocycles. The van der Waals surface area contributed by atoms with Crippen LogP contribution in [0.4, 0.5) is 5.82 Å². The Balaban J connectivity index is 2.05. The number of carbonyl (C=O) groups excluding carboxylic acids is 1. The van der Waals surface area contributed by atoms with Gasteiger partial charge in [-0.05, 0) is 25.7 Å². The van der Waals surface area contributed by atoms with Gasteiger partial charge in [0.1, 0.15) is 17.3 Å². The van der Waals surface area contributed by atoms with E-state index >= 15 is 0 Å². The van der Waals surface area contributed by atoms with Crippen LogP contribution in [0.1, 0.15) is 43.0 Å². The normalized spacial score (nSPS) is 14.7. The lowest BCUT2D eigenvalue weighted by atomic mass is 10.2. The number of anilines is 1. The predicted molar refractivity (Wildman–Crippen MR) is 70.6 cm³/mol. The van der Waals surface area contributed by atoms with E-state index < -0.39 is 0 Å². The number of hydrogen-bond acceptors (Lipinski definition) is 4. The zero-order valence-electron chi connectivity index (χ0n) is 11.2. The van der Waals surface area contributed by atoms with Crippen molar-refractivity contribution >= 4 is 11.7 Å². The predicted octanol–water partition coefficient (Wildman–Crippen LogP) is 1.75. The number of amides is 1. The first-order chi connectivity index (χ1) is 8.54. The first-order valence-corrected chi connectivity index (χ1v) is 6.45. The van der Waals surface area contributed by atoms with E-state index in [1.165, 1.54) is 12.8 Å². The van der Waals surface area contributed by atoms with E-state index in [0.717, 1.165) is 5.82 Å². The van der Waals surface area contributed by atoms with Crippen molar-refractivity contribution in [3.05, 3.63) is 17.6 Å². The molecule has 1 fully saturated rings. The van der Waals surface area contributed by atoms with Crippen LogP contribution < -0.4 is 10.6 Å². The maximum atomic E-state index is 11.9. The Morgan fingerprint density at radius 2 is 2.17 bits per heavy atom. The van der Waals surface area contributed by atoms with Crippen LogP contribution in [-0.4, -0.2) is 28.5 Å². The monoisotopic (exact) mass is 248 g/mol. The van der Waals surface area contributed by atoms with Crippen molar-refractivity contribution in [3.63, 3.8) is 0 Å². The van der Waals surface area contributed by atoms with Crippen LogP contribution in [0.15, 0.2) is 6.07 Å². The van der Waals surface area contributed by atoms with E-state index in [1.54, 1.807) is 13.0 Å². The summed E-state index contributed by atoms with van der Waals surface area (Å²) in [5.74, 6) is 1.67. The minimum absolute atomic E-state index is 0.131. The molecule has 98 valence electrons. The van der Waals surface area contributed by atoms with Gasteiger partial charge in [-0.25, -0.2) is 9.97 Å². The molecule has 0 radical (unpaired) electrons. The van der Waals surface area contributed by atoms with Gasteiger partial charge in [0.15, 0.2) is 0 Å². The van der Waals surface area contributed by atoms with Gasteiger partial charge in [-0.2, -0.15) is 0 Å². The van der Waals surface area contributed by atoms with Gasteiger partial charge in [0.2, 0.25) is 0 Å². The molecule has 1 heterocycles. The van der Waals surface area contributed by atoms with Crippen molar-refractivity contribution in [3.8, 4) is 0 Å². The van der Waals surface area contributed by atoms with E-state index in [0.29, 0.717) is 30.0 Å². The Kier molecular flexibility index (Phi) is 3.79. The lowest BCUT2D eigenvalue weighted by Crippen LogP contribution is -2.28. The summed E-state index contributed by atoms with van der Waals surface area (Å²) in [6.07, 6.45) is 2.36. The quantitative estimate of drug-likeness (QED) is 0.833. The molecule has 1 aromatic rings. The lowest BCUT2D eigenvalue weighted by Gasteiger charge is -2.09. The molecule has 1 saturated carbocycles. The van der Waals surface area contributed by atoms with Crippen LogP contribution in [0.2, 0.25) is 0 Å². The molecule has 0 bridgehead atoms. The Morgan fingerprint density at radius 1 is 1.44 bits per heavy atom. The maximum Gasteiger partial charge on any atom is 0.270 e. The smallest absolute Gasteiger partial charge is 0.270 e. The molecule has 5 heteroatoms. The molecular formula is C13H20N4O. The number of aromatic nitrogens is 2. The molecule has 2 N–H and O–H groups in total. The Morgan fingerprint density at radius 3 is 2.78 bits per heavy atom. The van der Waals surface area contributed by atoms with E-state index in [2.05, 4.69) is 34.4 Å². The van der Waals surface area contributed by atoms with Crippen LogP contribution in [0.5, 0.6) is 0 Å². The first-order valence-electron chi connectivity index (χ1n) is 6.45. The van der Waals surface area contributed by atoms with Gasteiger partial charge in [0.25, 0.3) is 5.91 Å². The molecule has 2 rings (SSSR count). The summed E-state index contributed by atoms with van der Waals surface area (Å²) in [4.78, 5) is 20.4. The average Bonchev–Trinajstić information content (AvgIpc) is 3.08. The van der Waals surface area contributed by atoms with Crippen molar-refractivity contribution in [2.45, 2.75) is 39.7 Å². The van der Waals surface area contributed by atoms with E-state index in [1.807, 2.05) is 0 Å². The van der Waals surface area contributed by atoms with Crippen LogP contribution in [0, 0.1) is 12.8 Å². The average molecular weight is 248 g/mol. The zero-order chi connectivity index (χ0) is 13.1. The molecule has 1 aliphatic carbocycles. The summed E-state index contributed by atoms with van der Waals surface area (Å²) in [5.41, 5.74) is 0.436. The minimum atomic E-state index is -0.131. The van der Waals surface area contributed by atoms with Crippen molar-refractivity contribution in [2.75, 3.05) is 11.9 Å². The largest absolute Gasteiger partial charge is 0.367 e. The Hall–Kier alpha value is -1.65. The number of nitrogens with one attached hydrogen (secondary N) is 2. The van der Waals surface area contributed by atoms with Gasteiger partial charge in [0.05, 0.1) is 0 Å². The summed E-state index contributed by atoms with van der Waals surface area (Å²) in [5, 5.41) is 6.15. The van der Waals surface area contributed by atoms with Gasteiger partial charge >= 0.3 is 0 Å². The second-order valence-electron chi connectivity index (χ2n) is 5.21. The van der Waals surface area contributed by atoms with Gasteiger partial charge < -0.3 is 10.6 Å². The second-order valence-corrected chi connectivity index (χ2v) is 5.21. The Labute approximate surface area is 107 Å². The third-order valence-electron chi connectivity index (χ3n) is 2.67. The summed E-state index contributed by atoms with van der Waals surface area (Å²) in [6, 6.07) is 2.24. The highest BCUT2D eigenvalue weighted by Crippen LogP contribution is 2.23. The molecule has 0 saturated heterocycles. The number of carbonyl (C=O) groups is 1. The minimum Gasteiger partial charge on any atom is -0.367 e. The van der Waals surface area contributed by atoms with Crippen molar-refractivity contribution < 1.29 is 4.79 Å². The first kappa shape index (κ1) is 12.8. The summed E-state index contributed by atoms with van der Waals surface area (Å²) >= 11 is 0. The van der Waals surface area contributed by atoms with Crippen LogP contribution in [-0.2, 0) is 0 Å². The fourth-order valence-electron chi connectivity index (χ4n) is 1.58. The van der Waals surface area contributed by atoms with Gasteiger partial charge in [-0.3, -0.25) is 4.79 Å². The van der Waals surface area contributed by atoms with Gasteiger partial charge in [0, 0.05) is 18.7 Å². The molecule has 5 nitrogen and oxygen atoms in total. The van der Waals surface area contributed by atoms with Gasteiger partial charge in [-0.1, -0.05) is 13.8 Å². The van der Waals surface area contributed by atoms with Crippen molar-refractivity contribution in [2.24, 2.45) is 5.92 Å². The number of rotatable bonds is 5. The maximum absolute atomic E-state index is 11.9. The van der Waals surface area contributed by atoms with E-state index in [9.17, 15) is 4.79 Å². The molecule has 0 unspecified atom stereocenters. The fourth-order valence-corrected chi connectivity index (χ4v) is 1.58. The van der Waals surface area contributed by atoms with Crippen molar-refractivity contribution in [1.29, 1.82) is 0 Å². The Bertz CT molecular complexity index is 441. The molecule has 0 aliphatic heterocycles. The van der Waals surface area contributed by atoms with E-state index in [-0.39, 0.29) is 5.91 Å². The fraction of sp³-hybridized carbons (Fsp3) is 0.615. The second kappa shape index (κ2) is 5.33. The highest BCUT2D eigenvalue weighted by Gasteiger charge is 2.22.